The van der Waals surface area contributed by atoms with Crippen LogP contribution in [-0.2, 0) is 6.54 Å². The minimum Gasteiger partial charge on any atom is -0.507 e. The average molecular weight is 221 g/mol. The van der Waals surface area contributed by atoms with E-state index in [2.05, 4.69) is 25.7 Å². The molecule has 0 bridgehead atoms. The molecular formula is C14H23NO. The van der Waals surface area contributed by atoms with Crippen molar-refractivity contribution in [3.05, 3.63) is 29.3 Å². The zero-order valence-electron chi connectivity index (χ0n) is 10.8. The van der Waals surface area contributed by atoms with Gasteiger partial charge in [-0.2, -0.15) is 0 Å². The third-order valence-electron chi connectivity index (χ3n) is 3.32. The number of nitrogens with zero attached hydrogens (tertiary/aromatic N) is 1. The van der Waals surface area contributed by atoms with E-state index in [0.29, 0.717) is 11.8 Å². The van der Waals surface area contributed by atoms with Gasteiger partial charge in [-0.05, 0) is 32.4 Å². The largest absolute Gasteiger partial charge is 0.507 e. The van der Waals surface area contributed by atoms with Crippen LogP contribution in [0.1, 0.15) is 38.3 Å². The average Bonchev–Trinajstić information content (AvgIpc) is 2.30. The second-order valence-corrected chi connectivity index (χ2v) is 4.40. The number of aryl methyl sites for hydroxylation is 1. The molecule has 90 valence electrons. The van der Waals surface area contributed by atoms with Gasteiger partial charge in [0.25, 0.3) is 0 Å². The highest BCUT2D eigenvalue weighted by atomic mass is 16.3. The molecule has 0 aliphatic carbocycles. The summed E-state index contributed by atoms with van der Waals surface area (Å²) in [6.07, 6.45) is 1.14. The number of hydrogen-bond acceptors (Lipinski definition) is 2. The van der Waals surface area contributed by atoms with Gasteiger partial charge in [0.15, 0.2) is 0 Å². The minimum atomic E-state index is 0.448. The molecule has 0 spiro atoms. The van der Waals surface area contributed by atoms with Gasteiger partial charge in [-0.1, -0.05) is 32.0 Å². The summed E-state index contributed by atoms with van der Waals surface area (Å²) in [5, 5.41) is 9.97. The summed E-state index contributed by atoms with van der Waals surface area (Å²) in [7, 11) is 0. The lowest BCUT2D eigenvalue weighted by Gasteiger charge is -2.27. The predicted octanol–water partition coefficient (Wildman–Crippen LogP) is 3.32. The molecule has 0 amide bonds. The summed E-state index contributed by atoms with van der Waals surface area (Å²) in [5.41, 5.74) is 1.99. The van der Waals surface area contributed by atoms with Gasteiger partial charge in [0, 0.05) is 18.2 Å². The number of para-hydroxylation sites is 1. The van der Waals surface area contributed by atoms with E-state index in [1.165, 1.54) is 0 Å². The smallest absolute Gasteiger partial charge is 0.122 e. The molecule has 1 unspecified atom stereocenters. The van der Waals surface area contributed by atoms with Crippen LogP contribution in [0.15, 0.2) is 18.2 Å². The van der Waals surface area contributed by atoms with Crippen LogP contribution < -0.4 is 0 Å². The second-order valence-electron chi connectivity index (χ2n) is 4.40. The molecular weight excluding hydrogens is 198 g/mol. The van der Waals surface area contributed by atoms with E-state index in [-0.39, 0.29) is 0 Å². The van der Waals surface area contributed by atoms with Crippen molar-refractivity contribution in [1.29, 1.82) is 0 Å². The van der Waals surface area contributed by atoms with Crippen molar-refractivity contribution in [3.63, 3.8) is 0 Å². The maximum Gasteiger partial charge on any atom is 0.122 e. The lowest BCUT2D eigenvalue weighted by molar-refractivity contribution is 0.204. The summed E-state index contributed by atoms with van der Waals surface area (Å²) in [4.78, 5) is 2.38. The Bertz CT molecular complexity index is 336. The van der Waals surface area contributed by atoms with Crippen LogP contribution in [0.5, 0.6) is 5.75 Å². The van der Waals surface area contributed by atoms with Gasteiger partial charge in [0.1, 0.15) is 5.75 Å². The zero-order valence-corrected chi connectivity index (χ0v) is 10.8. The highest BCUT2D eigenvalue weighted by Gasteiger charge is 2.13. The van der Waals surface area contributed by atoms with Gasteiger partial charge in [0.05, 0.1) is 0 Å². The lowest BCUT2D eigenvalue weighted by atomic mass is 10.1. The number of phenols is 1. The van der Waals surface area contributed by atoms with Gasteiger partial charge in [-0.15, -0.1) is 0 Å². The van der Waals surface area contributed by atoms with Crippen molar-refractivity contribution in [3.8, 4) is 5.75 Å². The van der Waals surface area contributed by atoms with Crippen molar-refractivity contribution in [2.75, 3.05) is 6.54 Å². The molecule has 1 aromatic rings. The summed E-state index contributed by atoms with van der Waals surface area (Å²) >= 11 is 0. The number of benzene rings is 1. The van der Waals surface area contributed by atoms with Crippen LogP contribution in [0.4, 0.5) is 0 Å². The van der Waals surface area contributed by atoms with Crippen LogP contribution in [0, 0.1) is 6.92 Å². The van der Waals surface area contributed by atoms with Gasteiger partial charge < -0.3 is 5.11 Å². The predicted molar refractivity (Wildman–Crippen MR) is 68.7 cm³/mol. The maximum atomic E-state index is 9.97. The van der Waals surface area contributed by atoms with Crippen molar-refractivity contribution >= 4 is 0 Å². The first kappa shape index (κ1) is 13.0. The fourth-order valence-electron chi connectivity index (χ4n) is 1.90. The summed E-state index contributed by atoms with van der Waals surface area (Å²) in [6, 6.07) is 6.52. The summed E-state index contributed by atoms with van der Waals surface area (Å²) in [6.45, 7) is 10.4. The van der Waals surface area contributed by atoms with E-state index < -0.39 is 0 Å². The van der Waals surface area contributed by atoms with E-state index in [9.17, 15) is 5.11 Å². The molecule has 0 fully saturated rings. The molecule has 0 aliphatic rings. The van der Waals surface area contributed by atoms with Crippen molar-refractivity contribution in [1.82, 2.24) is 4.90 Å². The van der Waals surface area contributed by atoms with E-state index in [4.69, 9.17) is 0 Å². The van der Waals surface area contributed by atoms with Gasteiger partial charge >= 0.3 is 0 Å². The Labute approximate surface area is 98.9 Å². The van der Waals surface area contributed by atoms with Crippen molar-refractivity contribution in [2.45, 2.75) is 46.7 Å². The van der Waals surface area contributed by atoms with Gasteiger partial charge in [-0.25, -0.2) is 0 Å². The summed E-state index contributed by atoms with van der Waals surface area (Å²) < 4.78 is 0. The van der Waals surface area contributed by atoms with Crippen LogP contribution in [0.3, 0.4) is 0 Å². The Morgan fingerprint density at radius 3 is 2.56 bits per heavy atom. The Balaban J connectivity index is 2.82. The molecule has 0 radical (unpaired) electrons. The third-order valence-corrected chi connectivity index (χ3v) is 3.32. The SMILES string of the molecule is CCC(C)N(CC)Cc1cccc(C)c1O. The van der Waals surface area contributed by atoms with E-state index >= 15 is 0 Å². The first-order chi connectivity index (χ1) is 7.60. The van der Waals surface area contributed by atoms with Crippen molar-refractivity contribution < 1.29 is 5.11 Å². The van der Waals surface area contributed by atoms with Crippen LogP contribution in [0.2, 0.25) is 0 Å². The lowest BCUT2D eigenvalue weighted by Crippen LogP contribution is -2.31. The van der Waals surface area contributed by atoms with Crippen molar-refractivity contribution in [2.24, 2.45) is 0 Å². The molecule has 1 N–H and O–H groups in total. The highest BCUT2D eigenvalue weighted by Crippen LogP contribution is 2.23. The monoisotopic (exact) mass is 221 g/mol. The minimum absolute atomic E-state index is 0.448. The van der Waals surface area contributed by atoms with Gasteiger partial charge in [-0.3, -0.25) is 4.90 Å². The number of phenolic OH excluding ortho intramolecular Hbond substituents is 1. The van der Waals surface area contributed by atoms with E-state index in [0.717, 1.165) is 30.6 Å². The van der Waals surface area contributed by atoms with Gasteiger partial charge in [0.2, 0.25) is 0 Å². The molecule has 2 heteroatoms. The first-order valence-corrected chi connectivity index (χ1v) is 6.11. The Morgan fingerprint density at radius 1 is 1.31 bits per heavy atom. The third kappa shape index (κ3) is 2.99. The zero-order chi connectivity index (χ0) is 12.1. The molecule has 1 rings (SSSR count). The Kier molecular flexibility index (Phi) is 4.81. The van der Waals surface area contributed by atoms with E-state index in [1.54, 1.807) is 0 Å². The summed E-state index contributed by atoms with van der Waals surface area (Å²) in [5.74, 6) is 0.448. The topological polar surface area (TPSA) is 23.5 Å². The first-order valence-electron chi connectivity index (χ1n) is 6.11. The van der Waals surface area contributed by atoms with E-state index in [1.807, 2.05) is 25.1 Å². The molecule has 0 saturated carbocycles. The standard InChI is InChI=1S/C14H23NO/c1-5-12(4)15(6-2)10-13-9-7-8-11(3)14(13)16/h7-9,12,16H,5-6,10H2,1-4H3. The second kappa shape index (κ2) is 5.90. The normalized spacial score (nSPS) is 13.1. The van der Waals surface area contributed by atoms with Crippen LogP contribution >= 0.6 is 0 Å². The van der Waals surface area contributed by atoms with Crippen LogP contribution in [0.25, 0.3) is 0 Å². The molecule has 2 nitrogen and oxygen atoms in total. The molecule has 1 atom stereocenters. The molecule has 0 heterocycles. The fraction of sp³-hybridized carbons (Fsp3) is 0.571. The number of rotatable bonds is 5. The fourth-order valence-corrected chi connectivity index (χ4v) is 1.90. The molecule has 0 aromatic heterocycles. The Morgan fingerprint density at radius 2 is 2.00 bits per heavy atom. The highest BCUT2D eigenvalue weighted by molar-refractivity contribution is 5.39. The molecule has 16 heavy (non-hydrogen) atoms. The Hall–Kier alpha value is -1.02. The molecule has 0 aliphatic heterocycles. The maximum absolute atomic E-state index is 9.97. The number of aromatic hydroxyl groups is 1. The number of hydrogen-bond donors (Lipinski definition) is 1. The molecule has 0 saturated heterocycles. The quantitative estimate of drug-likeness (QED) is 0.824. The van der Waals surface area contributed by atoms with Crippen LogP contribution in [-0.4, -0.2) is 22.6 Å². The molecule has 1 aromatic carbocycles.